The number of hydrogen-bond donors (Lipinski definition) is 1. The topological polar surface area (TPSA) is 73.6 Å². The Bertz CT molecular complexity index is 541. The van der Waals surface area contributed by atoms with E-state index in [0.29, 0.717) is 22.9 Å². The summed E-state index contributed by atoms with van der Waals surface area (Å²) in [6.45, 7) is 0.512. The summed E-state index contributed by atoms with van der Waals surface area (Å²) >= 11 is 5.94. The SMILES string of the molecule is CN(c1cc(Cl)ccc1C#N)C1COCC1C(=O)O. The van der Waals surface area contributed by atoms with Gasteiger partial charge in [0, 0.05) is 12.1 Å². The fourth-order valence-corrected chi connectivity index (χ4v) is 2.40. The van der Waals surface area contributed by atoms with Crippen molar-refractivity contribution in [3.63, 3.8) is 0 Å². The molecule has 0 bridgehead atoms. The van der Waals surface area contributed by atoms with E-state index in [1.54, 1.807) is 30.1 Å². The van der Waals surface area contributed by atoms with Gasteiger partial charge >= 0.3 is 5.97 Å². The highest BCUT2D eigenvalue weighted by molar-refractivity contribution is 6.30. The molecular formula is C13H13ClN2O3. The number of benzene rings is 1. The van der Waals surface area contributed by atoms with E-state index in [-0.39, 0.29) is 12.6 Å². The van der Waals surface area contributed by atoms with Crippen molar-refractivity contribution in [2.24, 2.45) is 5.92 Å². The zero-order valence-electron chi connectivity index (χ0n) is 10.3. The molecule has 0 aliphatic carbocycles. The highest BCUT2D eigenvalue weighted by Crippen LogP contribution is 2.29. The van der Waals surface area contributed by atoms with E-state index < -0.39 is 11.9 Å². The molecule has 0 saturated carbocycles. The minimum Gasteiger partial charge on any atom is -0.481 e. The fourth-order valence-electron chi connectivity index (χ4n) is 2.23. The van der Waals surface area contributed by atoms with E-state index >= 15 is 0 Å². The molecule has 1 N–H and O–H groups in total. The van der Waals surface area contributed by atoms with Gasteiger partial charge in [0.15, 0.2) is 0 Å². The summed E-state index contributed by atoms with van der Waals surface area (Å²) in [5.74, 6) is -1.49. The van der Waals surface area contributed by atoms with Crippen LogP contribution in [0.2, 0.25) is 5.02 Å². The molecule has 0 spiro atoms. The molecule has 0 aromatic heterocycles. The van der Waals surface area contributed by atoms with Crippen molar-refractivity contribution in [3.05, 3.63) is 28.8 Å². The Labute approximate surface area is 116 Å². The van der Waals surface area contributed by atoms with Crippen LogP contribution in [0.1, 0.15) is 5.56 Å². The Morgan fingerprint density at radius 3 is 2.95 bits per heavy atom. The lowest BCUT2D eigenvalue weighted by Crippen LogP contribution is -2.41. The monoisotopic (exact) mass is 280 g/mol. The highest BCUT2D eigenvalue weighted by atomic mass is 35.5. The first-order valence-electron chi connectivity index (χ1n) is 5.77. The lowest BCUT2D eigenvalue weighted by atomic mass is 10.0. The Morgan fingerprint density at radius 2 is 2.32 bits per heavy atom. The normalized spacial score (nSPS) is 21.9. The van der Waals surface area contributed by atoms with Gasteiger partial charge in [0.2, 0.25) is 0 Å². The van der Waals surface area contributed by atoms with Gasteiger partial charge in [0.1, 0.15) is 12.0 Å². The predicted molar refractivity (Wildman–Crippen MR) is 70.3 cm³/mol. The number of aliphatic carboxylic acids is 1. The van der Waals surface area contributed by atoms with E-state index in [0.717, 1.165) is 0 Å². The van der Waals surface area contributed by atoms with Gasteiger partial charge < -0.3 is 14.7 Å². The van der Waals surface area contributed by atoms with Crippen LogP contribution >= 0.6 is 11.6 Å². The molecule has 2 atom stereocenters. The number of carbonyl (C=O) groups is 1. The van der Waals surface area contributed by atoms with Crippen LogP contribution in [0.3, 0.4) is 0 Å². The number of nitriles is 1. The molecule has 1 aromatic carbocycles. The molecule has 2 unspecified atom stereocenters. The lowest BCUT2D eigenvalue weighted by molar-refractivity contribution is -0.141. The fraction of sp³-hybridized carbons (Fsp3) is 0.385. The van der Waals surface area contributed by atoms with Crippen molar-refractivity contribution in [1.82, 2.24) is 0 Å². The van der Waals surface area contributed by atoms with Crippen LogP contribution in [0.4, 0.5) is 5.69 Å². The van der Waals surface area contributed by atoms with Crippen LogP contribution in [0.5, 0.6) is 0 Å². The number of nitrogens with zero attached hydrogens (tertiary/aromatic N) is 2. The second-order valence-corrected chi connectivity index (χ2v) is 4.87. The average molecular weight is 281 g/mol. The first-order chi connectivity index (χ1) is 9.04. The second kappa shape index (κ2) is 5.47. The Hall–Kier alpha value is -1.77. The summed E-state index contributed by atoms with van der Waals surface area (Å²) in [6.07, 6.45) is 0. The van der Waals surface area contributed by atoms with E-state index in [2.05, 4.69) is 6.07 Å². The third-order valence-corrected chi connectivity index (χ3v) is 3.56. The summed E-state index contributed by atoms with van der Waals surface area (Å²) in [4.78, 5) is 12.9. The Balaban J connectivity index is 2.34. The summed E-state index contributed by atoms with van der Waals surface area (Å²) in [5, 5.41) is 18.8. The van der Waals surface area contributed by atoms with Gasteiger partial charge in [-0.3, -0.25) is 4.79 Å². The quantitative estimate of drug-likeness (QED) is 0.913. The largest absolute Gasteiger partial charge is 0.481 e. The number of ether oxygens (including phenoxy) is 1. The maximum Gasteiger partial charge on any atom is 0.311 e. The number of halogens is 1. The van der Waals surface area contributed by atoms with Crippen molar-refractivity contribution in [1.29, 1.82) is 5.26 Å². The number of carboxylic acid groups (broad SMARTS) is 1. The van der Waals surface area contributed by atoms with Crippen LogP contribution in [0.15, 0.2) is 18.2 Å². The average Bonchev–Trinajstić information content (AvgIpc) is 2.87. The van der Waals surface area contributed by atoms with Gasteiger partial charge in [0.25, 0.3) is 0 Å². The van der Waals surface area contributed by atoms with Crippen molar-refractivity contribution in [2.45, 2.75) is 6.04 Å². The minimum absolute atomic E-state index is 0.187. The number of hydrogen-bond acceptors (Lipinski definition) is 4. The number of likely N-dealkylation sites (N-methyl/N-ethyl adjacent to an activating group) is 1. The van der Waals surface area contributed by atoms with Crippen LogP contribution in [0, 0.1) is 17.2 Å². The molecule has 1 aromatic rings. The van der Waals surface area contributed by atoms with Crippen LogP contribution < -0.4 is 4.90 Å². The van der Waals surface area contributed by atoms with Gasteiger partial charge in [-0.25, -0.2) is 0 Å². The maximum absolute atomic E-state index is 11.2. The summed E-state index contributed by atoms with van der Waals surface area (Å²) in [6, 6.07) is 6.70. The van der Waals surface area contributed by atoms with Crippen molar-refractivity contribution < 1.29 is 14.6 Å². The number of anilines is 1. The first kappa shape index (κ1) is 13.7. The highest BCUT2D eigenvalue weighted by Gasteiger charge is 2.37. The molecule has 1 heterocycles. The molecule has 1 saturated heterocycles. The Morgan fingerprint density at radius 1 is 1.58 bits per heavy atom. The molecule has 19 heavy (non-hydrogen) atoms. The molecule has 1 fully saturated rings. The van der Waals surface area contributed by atoms with Crippen molar-refractivity contribution in [2.75, 3.05) is 25.2 Å². The van der Waals surface area contributed by atoms with Crippen molar-refractivity contribution >= 4 is 23.3 Å². The molecule has 6 heteroatoms. The second-order valence-electron chi connectivity index (χ2n) is 4.43. The third-order valence-electron chi connectivity index (χ3n) is 3.33. The summed E-state index contributed by atoms with van der Waals surface area (Å²) < 4.78 is 5.24. The van der Waals surface area contributed by atoms with Crippen LogP contribution in [-0.2, 0) is 9.53 Å². The number of carboxylic acids is 1. The van der Waals surface area contributed by atoms with E-state index in [1.807, 2.05) is 0 Å². The maximum atomic E-state index is 11.2. The van der Waals surface area contributed by atoms with Gasteiger partial charge in [0.05, 0.1) is 30.5 Å². The molecule has 5 nitrogen and oxygen atoms in total. The zero-order chi connectivity index (χ0) is 14.0. The smallest absolute Gasteiger partial charge is 0.311 e. The lowest BCUT2D eigenvalue weighted by Gasteiger charge is -2.29. The van der Waals surface area contributed by atoms with E-state index in [9.17, 15) is 4.79 Å². The molecule has 1 aliphatic heterocycles. The van der Waals surface area contributed by atoms with E-state index in [4.69, 9.17) is 26.7 Å². The predicted octanol–water partition coefficient (Wildman–Crippen LogP) is 1.75. The van der Waals surface area contributed by atoms with Gasteiger partial charge in [-0.1, -0.05) is 11.6 Å². The standard InChI is InChI=1S/C13H13ClN2O3/c1-16(12-7-19-6-10(12)13(17)18)11-4-9(14)3-2-8(11)5-15/h2-4,10,12H,6-7H2,1H3,(H,17,18). The first-order valence-corrected chi connectivity index (χ1v) is 6.15. The number of rotatable bonds is 3. The van der Waals surface area contributed by atoms with Gasteiger partial charge in [-0.2, -0.15) is 5.26 Å². The molecule has 2 rings (SSSR count). The van der Waals surface area contributed by atoms with E-state index in [1.165, 1.54) is 0 Å². The minimum atomic E-state index is -0.894. The summed E-state index contributed by atoms with van der Waals surface area (Å²) in [7, 11) is 1.75. The van der Waals surface area contributed by atoms with Crippen LogP contribution in [-0.4, -0.2) is 37.4 Å². The molecular weight excluding hydrogens is 268 g/mol. The summed E-state index contributed by atoms with van der Waals surface area (Å²) in [5.41, 5.74) is 1.08. The molecule has 100 valence electrons. The Kier molecular flexibility index (Phi) is 3.93. The zero-order valence-corrected chi connectivity index (χ0v) is 11.1. The molecule has 0 amide bonds. The molecule has 1 aliphatic rings. The molecule has 0 radical (unpaired) electrons. The van der Waals surface area contributed by atoms with Crippen molar-refractivity contribution in [3.8, 4) is 6.07 Å². The van der Waals surface area contributed by atoms with Gasteiger partial charge in [-0.05, 0) is 18.2 Å². The third kappa shape index (κ3) is 2.65. The van der Waals surface area contributed by atoms with Crippen LogP contribution in [0.25, 0.3) is 0 Å². The van der Waals surface area contributed by atoms with Gasteiger partial charge in [-0.15, -0.1) is 0 Å².